The van der Waals surface area contributed by atoms with E-state index in [1.807, 2.05) is 12.1 Å². The van der Waals surface area contributed by atoms with Crippen molar-refractivity contribution < 1.29 is 19.4 Å². The summed E-state index contributed by atoms with van der Waals surface area (Å²) in [4.78, 5) is 28.6. The van der Waals surface area contributed by atoms with Gasteiger partial charge in [0.2, 0.25) is 5.91 Å². The maximum atomic E-state index is 12.4. The maximum absolute atomic E-state index is 12.4. The van der Waals surface area contributed by atoms with Gasteiger partial charge in [0.05, 0.1) is 17.6 Å². The van der Waals surface area contributed by atoms with Crippen LogP contribution in [0.15, 0.2) is 24.5 Å². The molecule has 6 nitrogen and oxygen atoms in total. The fourth-order valence-electron chi connectivity index (χ4n) is 2.31. The van der Waals surface area contributed by atoms with Crippen molar-refractivity contribution in [2.75, 3.05) is 24.7 Å². The average molecular weight is 324 g/mol. The quantitative estimate of drug-likeness (QED) is 0.779. The second-order valence-electron chi connectivity index (χ2n) is 5.15. The molecule has 0 aromatic carbocycles. The van der Waals surface area contributed by atoms with Gasteiger partial charge >= 0.3 is 5.97 Å². The monoisotopic (exact) mass is 324 g/mol. The van der Waals surface area contributed by atoms with E-state index in [4.69, 9.17) is 9.84 Å². The number of aliphatic carboxylic acids is 1. The number of thioether (sulfide) groups is 1. The molecule has 1 amide bonds. The Hall–Kier alpha value is -1.60. The fraction of sp³-hybridized carbons (Fsp3) is 0.533. The molecule has 1 unspecified atom stereocenters. The van der Waals surface area contributed by atoms with Crippen LogP contribution < -0.4 is 0 Å². The van der Waals surface area contributed by atoms with Gasteiger partial charge in [-0.25, -0.2) is 0 Å². The molecule has 0 aliphatic carbocycles. The lowest BCUT2D eigenvalue weighted by Gasteiger charge is -2.25. The maximum Gasteiger partial charge on any atom is 0.313 e. The molecule has 0 saturated carbocycles. The molecular formula is C15H20N2O4S. The van der Waals surface area contributed by atoms with Crippen LogP contribution in [0, 0.1) is 0 Å². The highest BCUT2D eigenvalue weighted by atomic mass is 32.2. The van der Waals surface area contributed by atoms with Gasteiger partial charge in [-0.3, -0.25) is 14.6 Å². The Morgan fingerprint density at radius 2 is 2.14 bits per heavy atom. The highest BCUT2D eigenvalue weighted by molar-refractivity contribution is 8.00. The van der Waals surface area contributed by atoms with Gasteiger partial charge in [-0.05, 0) is 30.5 Å². The van der Waals surface area contributed by atoms with Crippen molar-refractivity contribution in [2.24, 2.45) is 0 Å². The molecule has 1 aromatic rings. The van der Waals surface area contributed by atoms with Gasteiger partial charge in [0.1, 0.15) is 0 Å². The minimum atomic E-state index is -0.905. The third-order valence-corrected chi connectivity index (χ3v) is 4.28. The highest BCUT2D eigenvalue weighted by Gasteiger charge is 2.22. The zero-order chi connectivity index (χ0) is 15.8. The van der Waals surface area contributed by atoms with Crippen LogP contribution in [0.5, 0.6) is 0 Å². The van der Waals surface area contributed by atoms with Crippen molar-refractivity contribution >= 4 is 23.6 Å². The van der Waals surface area contributed by atoms with E-state index in [-0.39, 0.29) is 23.5 Å². The lowest BCUT2D eigenvalue weighted by Crippen LogP contribution is -2.38. The van der Waals surface area contributed by atoms with Crippen LogP contribution in [0.1, 0.15) is 18.4 Å². The van der Waals surface area contributed by atoms with Gasteiger partial charge in [-0.2, -0.15) is 0 Å². The van der Waals surface area contributed by atoms with Crippen LogP contribution in [0.25, 0.3) is 0 Å². The van der Waals surface area contributed by atoms with Crippen molar-refractivity contribution in [3.8, 4) is 0 Å². The summed E-state index contributed by atoms with van der Waals surface area (Å²) in [6.45, 7) is 1.79. The Bertz CT molecular complexity index is 492. The first-order valence-corrected chi connectivity index (χ1v) is 8.38. The summed E-state index contributed by atoms with van der Waals surface area (Å²) >= 11 is 1.12. The van der Waals surface area contributed by atoms with E-state index < -0.39 is 5.97 Å². The summed E-state index contributed by atoms with van der Waals surface area (Å²) in [6, 6.07) is 3.75. The molecule has 1 aliphatic heterocycles. The lowest BCUT2D eigenvalue weighted by atomic mass is 10.2. The fourth-order valence-corrected chi connectivity index (χ4v) is 2.95. The molecule has 2 heterocycles. The van der Waals surface area contributed by atoms with E-state index in [9.17, 15) is 9.59 Å². The van der Waals surface area contributed by atoms with Crippen LogP contribution >= 0.6 is 11.8 Å². The molecule has 1 atom stereocenters. The number of carbonyl (C=O) groups excluding carboxylic acids is 1. The molecule has 7 heteroatoms. The summed E-state index contributed by atoms with van der Waals surface area (Å²) in [7, 11) is 0. The Balaban J connectivity index is 1.93. The van der Waals surface area contributed by atoms with Crippen LogP contribution in [-0.2, 0) is 20.9 Å². The number of carboxylic acid groups (broad SMARTS) is 1. The van der Waals surface area contributed by atoms with E-state index in [0.29, 0.717) is 13.1 Å². The lowest BCUT2D eigenvalue weighted by molar-refractivity contribution is -0.133. The largest absolute Gasteiger partial charge is 0.481 e. The van der Waals surface area contributed by atoms with Gasteiger partial charge in [0.25, 0.3) is 0 Å². The molecule has 0 radical (unpaired) electrons. The van der Waals surface area contributed by atoms with Crippen LogP contribution in [-0.4, -0.2) is 57.6 Å². The molecule has 1 aromatic heterocycles. The number of nitrogens with zero attached hydrogens (tertiary/aromatic N) is 2. The Morgan fingerprint density at radius 3 is 2.77 bits per heavy atom. The number of ether oxygens (including phenoxy) is 1. The first-order chi connectivity index (χ1) is 10.6. The normalized spacial score (nSPS) is 17.4. The number of aromatic nitrogens is 1. The van der Waals surface area contributed by atoms with Crippen molar-refractivity contribution in [1.82, 2.24) is 9.88 Å². The minimum Gasteiger partial charge on any atom is -0.481 e. The number of pyridine rings is 1. The second kappa shape index (κ2) is 8.75. The summed E-state index contributed by atoms with van der Waals surface area (Å²) in [5.41, 5.74) is 1.00. The van der Waals surface area contributed by atoms with E-state index in [0.717, 1.165) is 36.8 Å². The van der Waals surface area contributed by atoms with Gasteiger partial charge in [-0.15, -0.1) is 11.8 Å². The smallest absolute Gasteiger partial charge is 0.313 e. The topological polar surface area (TPSA) is 79.7 Å². The van der Waals surface area contributed by atoms with Crippen molar-refractivity contribution in [1.29, 1.82) is 0 Å². The minimum absolute atomic E-state index is 0.0569. The standard InChI is InChI=1S/C15H20N2O4S/c18-14(10-22-11-15(19)20)17(9-13-2-1-7-21-13)8-12-3-5-16-6-4-12/h3-6,13H,1-2,7-11H2,(H,19,20). The summed E-state index contributed by atoms with van der Waals surface area (Å²) in [6.07, 6.45) is 5.46. The highest BCUT2D eigenvalue weighted by Crippen LogP contribution is 2.16. The molecule has 1 saturated heterocycles. The van der Waals surface area contributed by atoms with Crippen molar-refractivity contribution in [3.63, 3.8) is 0 Å². The summed E-state index contributed by atoms with van der Waals surface area (Å²) in [5.74, 6) is -0.852. The zero-order valence-corrected chi connectivity index (χ0v) is 13.1. The van der Waals surface area contributed by atoms with Gasteiger partial charge in [0.15, 0.2) is 0 Å². The zero-order valence-electron chi connectivity index (χ0n) is 12.3. The van der Waals surface area contributed by atoms with Crippen LogP contribution in [0.4, 0.5) is 0 Å². The Labute approximate surface area is 133 Å². The van der Waals surface area contributed by atoms with E-state index in [1.54, 1.807) is 17.3 Å². The number of amides is 1. The van der Waals surface area contributed by atoms with E-state index >= 15 is 0 Å². The number of hydrogen-bond donors (Lipinski definition) is 1. The summed E-state index contributed by atoms with van der Waals surface area (Å²) in [5, 5.41) is 8.66. The SMILES string of the molecule is O=C(O)CSCC(=O)N(Cc1ccncc1)CC1CCCO1. The molecule has 0 spiro atoms. The Kier molecular flexibility index (Phi) is 6.67. The molecule has 1 aliphatic rings. The molecular weight excluding hydrogens is 304 g/mol. The number of rotatable bonds is 8. The molecule has 1 fully saturated rings. The second-order valence-corrected chi connectivity index (χ2v) is 6.14. The van der Waals surface area contributed by atoms with Crippen LogP contribution in [0.2, 0.25) is 0 Å². The molecule has 1 N–H and O–H groups in total. The van der Waals surface area contributed by atoms with E-state index in [2.05, 4.69) is 4.98 Å². The van der Waals surface area contributed by atoms with Gasteiger partial charge < -0.3 is 14.7 Å². The van der Waals surface area contributed by atoms with Crippen LogP contribution in [0.3, 0.4) is 0 Å². The van der Waals surface area contributed by atoms with Gasteiger partial charge in [-0.1, -0.05) is 0 Å². The van der Waals surface area contributed by atoms with Crippen molar-refractivity contribution in [2.45, 2.75) is 25.5 Å². The first kappa shape index (κ1) is 16.8. The Morgan fingerprint density at radius 1 is 1.36 bits per heavy atom. The predicted molar refractivity (Wildman–Crippen MR) is 83.6 cm³/mol. The molecule has 0 bridgehead atoms. The average Bonchev–Trinajstić information content (AvgIpc) is 3.00. The predicted octanol–water partition coefficient (Wildman–Crippen LogP) is 1.41. The number of hydrogen-bond acceptors (Lipinski definition) is 5. The molecule has 22 heavy (non-hydrogen) atoms. The van der Waals surface area contributed by atoms with E-state index in [1.165, 1.54) is 0 Å². The number of carboxylic acids is 1. The third-order valence-electron chi connectivity index (χ3n) is 3.37. The van der Waals surface area contributed by atoms with Crippen molar-refractivity contribution in [3.05, 3.63) is 30.1 Å². The first-order valence-electron chi connectivity index (χ1n) is 7.23. The molecule has 2 rings (SSSR count). The molecule has 120 valence electrons. The third kappa shape index (κ3) is 5.65. The summed E-state index contributed by atoms with van der Waals surface area (Å²) < 4.78 is 5.61. The number of carbonyl (C=O) groups is 2. The van der Waals surface area contributed by atoms with Gasteiger partial charge in [0, 0.05) is 32.1 Å².